The number of aliphatic carboxylic acids is 1. The molecule has 1 N–H and O–H groups in total. The second-order valence-electron chi connectivity index (χ2n) is 2.68. The van der Waals surface area contributed by atoms with E-state index in [1.807, 2.05) is 12.1 Å². The van der Waals surface area contributed by atoms with Gasteiger partial charge in [-0.05, 0) is 17.7 Å². The Balaban J connectivity index is 2.42. The van der Waals surface area contributed by atoms with Crippen LogP contribution >= 0.6 is 11.3 Å². The van der Waals surface area contributed by atoms with Crippen LogP contribution in [0.5, 0.6) is 0 Å². The maximum absolute atomic E-state index is 10.4. The molecule has 2 rings (SSSR count). The summed E-state index contributed by atoms with van der Waals surface area (Å²) in [6.07, 6.45) is 0.0633. The highest BCUT2D eigenvalue weighted by Gasteiger charge is 2.02. The average Bonchev–Trinajstić information content (AvgIpc) is 2.49. The van der Waals surface area contributed by atoms with E-state index in [1.165, 1.54) is 11.3 Å². The predicted octanol–water partition coefficient (Wildman–Crippen LogP) is 1.72. The molecule has 0 bridgehead atoms. The van der Waals surface area contributed by atoms with E-state index in [2.05, 4.69) is 10.5 Å². The van der Waals surface area contributed by atoms with Crippen LogP contribution in [0.15, 0.2) is 18.2 Å². The Morgan fingerprint density at radius 1 is 1.62 bits per heavy atom. The Hall–Kier alpha value is -1.42. The number of aromatic nitrogens is 1. The Labute approximate surface area is 78.7 Å². The zero-order valence-corrected chi connectivity index (χ0v) is 7.47. The lowest BCUT2D eigenvalue weighted by molar-refractivity contribution is -0.136. The summed E-state index contributed by atoms with van der Waals surface area (Å²) < 4.78 is 0.985. The third-order valence-electron chi connectivity index (χ3n) is 1.70. The molecule has 0 atom stereocenters. The van der Waals surface area contributed by atoms with Crippen molar-refractivity contribution >= 4 is 27.5 Å². The Morgan fingerprint density at radius 2 is 2.46 bits per heavy atom. The molecule has 0 unspecified atom stereocenters. The Kier molecular flexibility index (Phi) is 1.98. The average molecular weight is 192 g/mol. The first-order valence-corrected chi connectivity index (χ1v) is 4.54. The van der Waals surface area contributed by atoms with Crippen molar-refractivity contribution in [1.82, 2.24) is 4.98 Å². The highest BCUT2D eigenvalue weighted by atomic mass is 32.1. The first kappa shape index (κ1) is 8.19. The van der Waals surface area contributed by atoms with Gasteiger partial charge < -0.3 is 5.11 Å². The minimum absolute atomic E-state index is 0.0633. The third-order valence-corrected chi connectivity index (χ3v) is 2.43. The number of rotatable bonds is 2. The summed E-state index contributed by atoms with van der Waals surface area (Å²) in [5, 5.41) is 8.57. The van der Waals surface area contributed by atoms with Gasteiger partial charge >= 0.3 is 5.97 Å². The van der Waals surface area contributed by atoms with Crippen LogP contribution in [0, 0.1) is 5.51 Å². The molecule has 0 saturated heterocycles. The first-order chi connectivity index (χ1) is 6.25. The molecule has 0 aliphatic heterocycles. The highest BCUT2D eigenvalue weighted by Crippen LogP contribution is 2.18. The summed E-state index contributed by atoms with van der Waals surface area (Å²) >= 11 is 1.40. The van der Waals surface area contributed by atoms with E-state index in [0.29, 0.717) is 0 Å². The molecular formula is C9H6NO2S. The van der Waals surface area contributed by atoms with Gasteiger partial charge in [-0.3, -0.25) is 4.79 Å². The fraction of sp³-hybridized carbons (Fsp3) is 0.111. The number of thiazole rings is 1. The summed E-state index contributed by atoms with van der Waals surface area (Å²) in [7, 11) is 0. The van der Waals surface area contributed by atoms with E-state index < -0.39 is 5.97 Å². The van der Waals surface area contributed by atoms with Crippen molar-refractivity contribution in [1.29, 1.82) is 0 Å². The number of nitrogens with zero attached hydrogens (tertiary/aromatic N) is 1. The minimum Gasteiger partial charge on any atom is -0.481 e. The van der Waals surface area contributed by atoms with E-state index in [9.17, 15) is 4.79 Å². The van der Waals surface area contributed by atoms with E-state index in [4.69, 9.17) is 5.11 Å². The number of carbonyl (C=O) groups is 1. The zero-order valence-electron chi connectivity index (χ0n) is 6.65. The third kappa shape index (κ3) is 1.67. The number of benzene rings is 1. The van der Waals surface area contributed by atoms with Gasteiger partial charge in [-0.2, -0.15) is 0 Å². The zero-order chi connectivity index (χ0) is 9.26. The minimum atomic E-state index is -0.812. The van der Waals surface area contributed by atoms with Crippen LogP contribution in [0.2, 0.25) is 0 Å². The van der Waals surface area contributed by atoms with Crippen molar-refractivity contribution in [2.45, 2.75) is 6.42 Å². The molecule has 65 valence electrons. The first-order valence-electron chi connectivity index (χ1n) is 3.73. The summed E-state index contributed by atoms with van der Waals surface area (Å²) in [6.45, 7) is 0. The second kappa shape index (κ2) is 3.14. The van der Waals surface area contributed by atoms with Gasteiger partial charge in [-0.15, -0.1) is 11.3 Å². The van der Waals surface area contributed by atoms with Crippen LogP contribution in [0.4, 0.5) is 0 Å². The predicted molar refractivity (Wildman–Crippen MR) is 49.8 cm³/mol. The Morgan fingerprint density at radius 3 is 3.23 bits per heavy atom. The highest BCUT2D eigenvalue weighted by molar-refractivity contribution is 7.16. The number of carboxylic acid groups (broad SMARTS) is 1. The van der Waals surface area contributed by atoms with Crippen molar-refractivity contribution < 1.29 is 9.90 Å². The SMILES string of the molecule is O=C(O)Cc1ccc2n[c]sc2c1. The van der Waals surface area contributed by atoms with Crippen LogP contribution in [0.25, 0.3) is 10.2 Å². The van der Waals surface area contributed by atoms with E-state index in [0.717, 1.165) is 15.8 Å². The maximum atomic E-state index is 10.4. The number of fused-ring (bicyclic) bond motifs is 1. The molecule has 4 heteroatoms. The van der Waals surface area contributed by atoms with Gasteiger partial charge in [-0.25, -0.2) is 4.98 Å². The molecule has 0 saturated carbocycles. The topological polar surface area (TPSA) is 50.2 Å². The van der Waals surface area contributed by atoms with Crippen LogP contribution in [0.3, 0.4) is 0 Å². The lowest BCUT2D eigenvalue weighted by atomic mass is 10.1. The number of carboxylic acids is 1. The number of hydrogen-bond acceptors (Lipinski definition) is 3. The Bertz CT molecular complexity index is 450. The van der Waals surface area contributed by atoms with Crippen molar-refractivity contribution in [3.05, 3.63) is 29.3 Å². The van der Waals surface area contributed by atoms with Gasteiger partial charge in [0.15, 0.2) is 5.51 Å². The van der Waals surface area contributed by atoms with Crippen molar-refractivity contribution in [3.63, 3.8) is 0 Å². The molecule has 1 heterocycles. The fourth-order valence-electron chi connectivity index (χ4n) is 1.14. The largest absolute Gasteiger partial charge is 0.481 e. The molecular weight excluding hydrogens is 186 g/mol. The fourth-order valence-corrected chi connectivity index (χ4v) is 1.81. The van der Waals surface area contributed by atoms with Crippen LogP contribution in [-0.2, 0) is 11.2 Å². The molecule has 13 heavy (non-hydrogen) atoms. The molecule has 1 aromatic heterocycles. The quantitative estimate of drug-likeness (QED) is 0.788. The van der Waals surface area contributed by atoms with E-state index in [1.54, 1.807) is 6.07 Å². The monoisotopic (exact) mass is 192 g/mol. The van der Waals surface area contributed by atoms with Crippen molar-refractivity contribution in [2.75, 3.05) is 0 Å². The normalized spacial score (nSPS) is 10.5. The summed E-state index contributed by atoms with van der Waals surface area (Å²) in [6, 6.07) is 5.45. The van der Waals surface area contributed by atoms with Gasteiger partial charge in [0.25, 0.3) is 0 Å². The van der Waals surface area contributed by atoms with Crippen molar-refractivity contribution in [2.24, 2.45) is 0 Å². The molecule has 0 amide bonds. The number of hydrogen-bond donors (Lipinski definition) is 1. The maximum Gasteiger partial charge on any atom is 0.307 e. The van der Waals surface area contributed by atoms with Crippen LogP contribution in [0.1, 0.15) is 5.56 Å². The molecule has 0 fully saturated rings. The lowest BCUT2D eigenvalue weighted by Gasteiger charge is -1.95. The molecule has 0 spiro atoms. The van der Waals surface area contributed by atoms with Gasteiger partial charge in [0.05, 0.1) is 16.6 Å². The summed E-state index contributed by atoms with van der Waals surface area (Å²) in [4.78, 5) is 14.4. The molecule has 1 radical (unpaired) electrons. The molecule has 0 aliphatic carbocycles. The lowest BCUT2D eigenvalue weighted by Crippen LogP contribution is -1.99. The summed E-state index contributed by atoms with van der Waals surface area (Å²) in [5.74, 6) is -0.812. The smallest absolute Gasteiger partial charge is 0.307 e. The molecule has 3 nitrogen and oxygen atoms in total. The summed E-state index contributed by atoms with van der Waals surface area (Å²) in [5.41, 5.74) is 4.44. The van der Waals surface area contributed by atoms with E-state index in [-0.39, 0.29) is 6.42 Å². The van der Waals surface area contributed by atoms with Crippen LogP contribution in [-0.4, -0.2) is 16.1 Å². The van der Waals surface area contributed by atoms with Gasteiger partial charge in [-0.1, -0.05) is 6.07 Å². The van der Waals surface area contributed by atoms with Gasteiger partial charge in [0.1, 0.15) is 0 Å². The molecule has 1 aromatic carbocycles. The van der Waals surface area contributed by atoms with Crippen LogP contribution < -0.4 is 0 Å². The van der Waals surface area contributed by atoms with Gasteiger partial charge in [0, 0.05) is 0 Å². The standard InChI is InChI=1S/C9H6NO2S/c11-9(12)4-6-1-2-7-8(3-6)13-5-10-7/h1-3H,4H2,(H,11,12). The molecule has 0 aliphatic rings. The van der Waals surface area contributed by atoms with E-state index >= 15 is 0 Å². The van der Waals surface area contributed by atoms with Gasteiger partial charge in [0.2, 0.25) is 0 Å². The van der Waals surface area contributed by atoms with Crippen molar-refractivity contribution in [3.8, 4) is 0 Å². The molecule has 2 aromatic rings. The second-order valence-corrected chi connectivity index (χ2v) is 3.50.